The Kier molecular flexibility index (Phi) is 3.69. The highest BCUT2D eigenvalue weighted by molar-refractivity contribution is 6.39. The van der Waals surface area contributed by atoms with E-state index in [0.29, 0.717) is 26.7 Å². The molecule has 2 rings (SSSR count). The van der Waals surface area contributed by atoms with E-state index in [9.17, 15) is 9.18 Å². The van der Waals surface area contributed by atoms with Gasteiger partial charge in [-0.3, -0.25) is 4.79 Å². The van der Waals surface area contributed by atoms with Crippen molar-refractivity contribution in [3.63, 3.8) is 0 Å². The molecule has 0 aromatic heterocycles. The van der Waals surface area contributed by atoms with Crippen LogP contribution in [0.15, 0.2) is 36.4 Å². The smallest absolute Gasteiger partial charge is 0.159 e. The van der Waals surface area contributed by atoms with Gasteiger partial charge in [0, 0.05) is 11.1 Å². The minimum atomic E-state index is -0.327. The van der Waals surface area contributed by atoms with Crippen molar-refractivity contribution < 1.29 is 9.18 Å². The first-order valence-electron chi connectivity index (χ1n) is 5.25. The minimum absolute atomic E-state index is 0.107. The summed E-state index contributed by atoms with van der Waals surface area (Å²) in [5.41, 5.74) is 1.76. The summed E-state index contributed by atoms with van der Waals surface area (Å²) >= 11 is 12.2. The van der Waals surface area contributed by atoms with Crippen molar-refractivity contribution in [2.24, 2.45) is 0 Å². The molecule has 0 atom stereocenters. The van der Waals surface area contributed by atoms with Gasteiger partial charge in [-0.15, -0.1) is 0 Å². The van der Waals surface area contributed by atoms with Crippen molar-refractivity contribution in [1.82, 2.24) is 0 Å². The highest BCUT2D eigenvalue weighted by atomic mass is 35.5. The van der Waals surface area contributed by atoms with Gasteiger partial charge in [-0.2, -0.15) is 0 Å². The van der Waals surface area contributed by atoms with Crippen molar-refractivity contribution >= 4 is 29.0 Å². The molecule has 0 radical (unpaired) electrons. The van der Waals surface area contributed by atoms with Crippen molar-refractivity contribution in [3.05, 3.63) is 57.8 Å². The predicted molar refractivity (Wildman–Crippen MR) is 71.9 cm³/mol. The molecule has 18 heavy (non-hydrogen) atoms. The summed E-state index contributed by atoms with van der Waals surface area (Å²) in [6.07, 6.45) is 0. The second kappa shape index (κ2) is 5.09. The first-order valence-corrected chi connectivity index (χ1v) is 6.00. The molecule has 4 heteroatoms. The molecule has 0 aliphatic heterocycles. The van der Waals surface area contributed by atoms with Gasteiger partial charge in [0.15, 0.2) is 5.78 Å². The number of hydrogen-bond donors (Lipinski definition) is 0. The maximum atomic E-state index is 12.9. The first-order chi connectivity index (χ1) is 8.49. The van der Waals surface area contributed by atoms with Gasteiger partial charge in [0.1, 0.15) is 5.82 Å². The van der Waals surface area contributed by atoms with Crippen LogP contribution >= 0.6 is 23.2 Å². The second-order valence-corrected chi connectivity index (χ2v) is 4.69. The summed E-state index contributed by atoms with van der Waals surface area (Å²) in [6, 6.07) is 8.98. The van der Waals surface area contributed by atoms with E-state index in [1.165, 1.54) is 19.1 Å². The van der Waals surface area contributed by atoms with Crippen molar-refractivity contribution in [1.29, 1.82) is 0 Å². The molecule has 0 aliphatic rings. The number of benzene rings is 2. The van der Waals surface area contributed by atoms with Crippen LogP contribution in [0.25, 0.3) is 11.1 Å². The van der Waals surface area contributed by atoms with Gasteiger partial charge in [0.25, 0.3) is 0 Å². The number of rotatable bonds is 2. The number of hydrogen-bond acceptors (Lipinski definition) is 1. The Morgan fingerprint density at radius 3 is 2.00 bits per heavy atom. The average Bonchev–Trinajstić information content (AvgIpc) is 2.30. The molecule has 0 saturated carbocycles. The average molecular weight is 283 g/mol. The summed E-state index contributed by atoms with van der Waals surface area (Å²) in [7, 11) is 0. The van der Waals surface area contributed by atoms with E-state index in [1.807, 2.05) is 0 Å². The molecule has 0 aliphatic carbocycles. The van der Waals surface area contributed by atoms with E-state index in [0.717, 1.165) is 0 Å². The quantitative estimate of drug-likeness (QED) is 0.709. The fraction of sp³-hybridized carbons (Fsp3) is 0.0714. The lowest BCUT2D eigenvalue weighted by atomic mass is 10.0. The molecule has 1 nitrogen and oxygen atoms in total. The third kappa shape index (κ3) is 2.55. The Morgan fingerprint density at radius 2 is 1.56 bits per heavy atom. The number of Topliss-reactive ketones (excluding diaryl/α,β-unsaturated/α-hetero) is 1. The molecule has 0 N–H and O–H groups in total. The van der Waals surface area contributed by atoms with Crippen molar-refractivity contribution in [2.45, 2.75) is 6.92 Å². The fourth-order valence-corrected chi connectivity index (χ4v) is 2.37. The molecular weight excluding hydrogens is 274 g/mol. The molecule has 0 saturated heterocycles. The fourth-order valence-electron chi connectivity index (χ4n) is 1.67. The van der Waals surface area contributed by atoms with Crippen LogP contribution in [0, 0.1) is 5.82 Å². The highest BCUT2D eigenvalue weighted by Gasteiger charge is 2.12. The van der Waals surface area contributed by atoms with E-state index in [4.69, 9.17) is 23.2 Å². The largest absolute Gasteiger partial charge is 0.295 e. The van der Waals surface area contributed by atoms with Gasteiger partial charge >= 0.3 is 0 Å². The van der Waals surface area contributed by atoms with Crippen molar-refractivity contribution in [3.8, 4) is 11.1 Å². The van der Waals surface area contributed by atoms with Gasteiger partial charge in [-0.25, -0.2) is 4.39 Å². The molecule has 0 bridgehead atoms. The third-order valence-electron chi connectivity index (χ3n) is 2.58. The van der Waals surface area contributed by atoms with E-state index in [2.05, 4.69) is 0 Å². The number of carbonyl (C=O) groups excluding carboxylic acids is 1. The Balaban J connectivity index is 2.58. The van der Waals surface area contributed by atoms with Crippen LogP contribution in [0.3, 0.4) is 0 Å². The minimum Gasteiger partial charge on any atom is -0.295 e. The van der Waals surface area contributed by atoms with Crippen LogP contribution in [0.1, 0.15) is 17.3 Å². The molecule has 0 amide bonds. The molecule has 0 heterocycles. The maximum Gasteiger partial charge on any atom is 0.159 e. The van der Waals surface area contributed by atoms with Gasteiger partial charge in [-0.05, 0) is 36.8 Å². The Hall–Kier alpha value is -1.38. The maximum absolute atomic E-state index is 12.9. The van der Waals surface area contributed by atoms with E-state index in [-0.39, 0.29) is 11.6 Å². The van der Waals surface area contributed by atoms with Gasteiger partial charge < -0.3 is 0 Å². The SMILES string of the molecule is CC(=O)c1cc(Cl)c(-c2ccc(F)cc2)c(Cl)c1. The number of halogens is 3. The standard InChI is InChI=1S/C14H9Cl2FO/c1-8(18)10-6-12(15)14(13(16)7-10)9-2-4-11(17)5-3-9/h2-7H,1H3. The van der Waals surface area contributed by atoms with Gasteiger partial charge in [0.2, 0.25) is 0 Å². The molecule has 92 valence electrons. The van der Waals surface area contributed by atoms with Crippen LogP contribution in [0.2, 0.25) is 10.0 Å². The van der Waals surface area contributed by atoms with Crippen LogP contribution in [-0.4, -0.2) is 5.78 Å². The van der Waals surface area contributed by atoms with E-state index >= 15 is 0 Å². The lowest BCUT2D eigenvalue weighted by Crippen LogP contribution is -1.93. The first kappa shape index (κ1) is 13.1. The Bertz CT molecular complexity index is 583. The molecule has 2 aromatic carbocycles. The van der Waals surface area contributed by atoms with E-state index < -0.39 is 0 Å². The summed E-state index contributed by atoms with van der Waals surface area (Å²) < 4.78 is 12.9. The summed E-state index contributed by atoms with van der Waals surface area (Å²) in [6.45, 7) is 1.44. The topological polar surface area (TPSA) is 17.1 Å². The zero-order valence-corrected chi connectivity index (χ0v) is 11.0. The third-order valence-corrected chi connectivity index (χ3v) is 3.18. The summed E-state index contributed by atoms with van der Waals surface area (Å²) in [5.74, 6) is -0.434. The Labute approximate surface area is 114 Å². The Morgan fingerprint density at radius 1 is 1.06 bits per heavy atom. The normalized spacial score (nSPS) is 10.4. The molecule has 2 aromatic rings. The lowest BCUT2D eigenvalue weighted by Gasteiger charge is -2.09. The number of ketones is 1. The van der Waals surface area contributed by atoms with E-state index in [1.54, 1.807) is 24.3 Å². The monoisotopic (exact) mass is 282 g/mol. The number of carbonyl (C=O) groups is 1. The molecule has 0 unspecified atom stereocenters. The molecule has 0 spiro atoms. The van der Waals surface area contributed by atoms with Crippen molar-refractivity contribution in [2.75, 3.05) is 0 Å². The van der Waals surface area contributed by atoms with Crippen LogP contribution in [0.5, 0.6) is 0 Å². The van der Waals surface area contributed by atoms with Crippen LogP contribution in [-0.2, 0) is 0 Å². The molecule has 0 fully saturated rings. The van der Waals surface area contributed by atoms with Crippen LogP contribution in [0.4, 0.5) is 4.39 Å². The summed E-state index contributed by atoms with van der Waals surface area (Å²) in [4.78, 5) is 11.3. The highest BCUT2D eigenvalue weighted by Crippen LogP contribution is 2.35. The summed E-state index contributed by atoms with van der Waals surface area (Å²) in [5, 5.41) is 0.749. The van der Waals surface area contributed by atoms with Gasteiger partial charge in [-0.1, -0.05) is 35.3 Å². The predicted octanol–water partition coefficient (Wildman–Crippen LogP) is 5.00. The lowest BCUT2D eigenvalue weighted by molar-refractivity contribution is 0.101. The second-order valence-electron chi connectivity index (χ2n) is 3.88. The van der Waals surface area contributed by atoms with Crippen LogP contribution < -0.4 is 0 Å². The molecular formula is C14H9Cl2FO. The zero-order chi connectivity index (χ0) is 13.3. The zero-order valence-electron chi connectivity index (χ0n) is 9.51. The van der Waals surface area contributed by atoms with Gasteiger partial charge in [0.05, 0.1) is 10.0 Å².